The molecule has 2 unspecified atom stereocenters. The number of aliphatic imine (C=N–C) groups is 1. The molecule has 0 radical (unpaired) electrons. The Bertz CT molecular complexity index is 746. The van der Waals surface area contributed by atoms with Gasteiger partial charge in [-0.25, -0.2) is 13.0 Å². The van der Waals surface area contributed by atoms with Gasteiger partial charge in [-0.15, -0.1) is 0 Å². The highest BCUT2D eigenvalue weighted by Gasteiger charge is 2.54. The summed E-state index contributed by atoms with van der Waals surface area (Å²) in [5.41, 5.74) is 5.78. The summed E-state index contributed by atoms with van der Waals surface area (Å²) in [6, 6.07) is 6.49. The quantitative estimate of drug-likeness (QED) is 0.863. The normalized spacial score (nSPS) is 33.7. The first kappa shape index (κ1) is 15.5. The van der Waals surface area contributed by atoms with E-state index >= 15 is 0 Å². The van der Waals surface area contributed by atoms with Crippen LogP contribution in [0.2, 0.25) is 0 Å². The van der Waals surface area contributed by atoms with Crippen molar-refractivity contribution >= 4 is 15.6 Å². The van der Waals surface area contributed by atoms with Gasteiger partial charge in [-0.2, -0.15) is 0 Å². The number of nitrogens with two attached hydrogens (primary N) is 1. The molecule has 1 spiro atoms. The average Bonchev–Trinajstić information content (AvgIpc) is 2.97. The van der Waals surface area contributed by atoms with Crippen LogP contribution in [-0.2, 0) is 15.3 Å². The van der Waals surface area contributed by atoms with E-state index in [9.17, 15) is 8.60 Å². The van der Waals surface area contributed by atoms with E-state index in [0.717, 1.165) is 25.7 Å². The van der Waals surface area contributed by atoms with Crippen LogP contribution in [0.5, 0.6) is 0 Å². The number of amidine groups is 1. The molecule has 1 aromatic rings. The van der Waals surface area contributed by atoms with Crippen molar-refractivity contribution in [2.75, 3.05) is 12.8 Å². The number of nitrogens with zero attached hydrogens (tertiary/aromatic N) is 2. The molecular weight excluding hydrogens is 301 g/mol. The largest absolute Gasteiger partial charge is 0.386 e. The van der Waals surface area contributed by atoms with Gasteiger partial charge in [0.1, 0.15) is 21.9 Å². The molecule has 120 valence electrons. The molecule has 0 amide bonds. The van der Waals surface area contributed by atoms with Crippen molar-refractivity contribution in [1.82, 2.24) is 0 Å². The Morgan fingerprint density at radius 3 is 2.55 bits per heavy atom. The van der Waals surface area contributed by atoms with Crippen LogP contribution in [0.3, 0.4) is 0 Å². The van der Waals surface area contributed by atoms with Crippen molar-refractivity contribution in [1.29, 1.82) is 0 Å². The number of rotatable bonds is 1. The van der Waals surface area contributed by atoms with Gasteiger partial charge in [0, 0.05) is 12.6 Å². The van der Waals surface area contributed by atoms with Gasteiger partial charge in [0.15, 0.2) is 0 Å². The van der Waals surface area contributed by atoms with Crippen molar-refractivity contribution < 1.29 is 8.60 Å². The van der Waals surface area contributed by atoms with Gasteiger partial charge < -0.3 is 5.73 Å². The lowest BCUT2D eigenvalue weighted by atomic mass is 9.93. The zero-order valence-corrected chi connectivity index (χ0v) is 13.8. The van der Waals surface area contributed by atoms with Gasteiger partial charge in [0.2, 0.25) is 0 Å². The predicted molar refractivity (Wildman–Crippen MR) is 87.9 cm³/mol. The van der Waals surface area contributed by atoms with E-state index in [4.69, 9.17) is 5.73 Å². The first-order valence-corrected chi connectivity index (χ1v) is 9.29. The highest BCUT2D eigenvalue weighted by Crippen LogP contribution is 2.46. The van der Waals surface area contributed by atoms with Gasteiger partial charge in [0.05, 0.1) is 15.5 Å². The molecule has 1 aliphatic carbocycles. The highest BCUT2D eigenvalue weighted by atomic mass is 32.2. The van der Waals surface area contributed by atoms with Crippen molar-refractivity contribution in [2.24, 2.45) is 15.1 Å². The molecular formula is C16H22FN3OS. The zero-order valence-electron chi connectivity index (χ0n) is 13.0. The monoisotopic (exact) mass is 323 g/mol. The van der Waals surface area contributed by atoms with Crippen molar-refractivity contribution in [2.45, 2.75) is 42.9 Å². The Hall–Kier alpha value is -1.43. The topological polar surface area (TPSA) is 67.8 Å². The molecule has 1 heterocycles. The van der Waals surface area contributed by atoms with Gasteiger partial charge in [-0.3, -0.25) is 4.99 Å². The van der Waals surface area contributed by atoms with Gasteiger partial charge >= 0.3 is 0 Å². The number of hydrogen-bond acceptors (Lipinski definition) is 4. The summed E-state index contributed by atoms with van der Waals surface area (Å²) in [6.07, 6.45) is 3.48. The third-order valence-corrected chi connectivity index (χ3v) is 8.46. The van der Waals surface area contributed by atoms with Crippen LogP contribution in [0, 0.1) is 5.82 Å². The van der Waals surface area contributed by atoms with Crippen LogP contribution in [0.25, 0.3) is 0 Å². The minimum absolute atomic E-state index is 0.220. The van der Waals surface area contributed by atoms with Crippen LogP contribution >= 0.6 is 0 Å². The van der Waals surface area contributed by atoms with Crippen LogP contribution in [0.15, 0.2) is 33.6 Å². The van der Waals surface area contributed by atoms with E-state index in [0.29, 0.717) is 11.4 Å². The van der Waals surface area contributed by atoms with E-state index in [1.54, 1.807) is 32.2 Å². The summed E-state index contributed by atoms with van der Waals surface area (Å²) in [6.45, 7) is 1.80. The fraction of sp³-hybridized carbons (Fsp3) is 0.562. The van der Waals surface area contributed by atoms with Gasteiger partial charge in [-0.1, -0.05) is 31.0 Å². The molecule has 2 atom stereocenters. The molecule has 2 aliphatic rings. The summed E-state index contributed by atoms with van der Waals surface area (Å²) in [4.78, 5) is 4.64. The third-order valence-electron chi connectivity index (χ3n) is 5.08. The minimum atomic E-state index is -2.59. The van der Waals surface area contributed by atoms with Crippen LogP contribution in [0.1, 0.15) is 38.2 Å². The van der Waals surface area contributed by atoms with E-state index in [1.807, 2.05) is 0 Å². The fourth-order valence-electron chi connectivity index (χ4n) is 3.88. The first-order valence-electron chi connectivity index (χ1n) is 7.60. The molecule has 4 nitrogen and oxygen atoms in total. The third kappa shape index (κ3) is 2.00. The summed E-state index contributed by atoms with van der Waals surface area (Å²) in [5.74, 6) is 0.261. The highest BCUT2D eigenvalue weighted by molar-refractivity contribution is 7.95. The molecule has 3 rings (SSSR count). The summed E-state index contributed by atoms with van der Waals surface area (Å²) in [7, 11) is -1.00. The molecule has 1 aromatic carbocycles. The van der Waals surface area contributed by atoms with Crippen LogP contribution in [-0.4, -0.2) is 27.6 Å². The zero-order chi connectivity index (χ0) is 16.0. The molecule has 1 aliphatic heterocycles. The van der Waals surface area contributed by atoms with Crippen molar-refractivity contribution in [3.05, 3.63) is 35.6 Å². The Labute approximate surface area is 131 Å². The maximum absolute atomic E-state index is 14.2. The number of benzene rings is 1. The molecule has 1 saturated carbocycles. The molecule has 0 bridgehead atoms. The molecule has 1 fully saturated rings. The van der Waals surface area contributed by atoms with Crippen molar-refractivity contribution in [3.63, 3.8) is 0 Å². The maximum atomic E-state index is 14.2. The van der Waals surface area contributed by atoms with Crippen LogP contribution in [0.4, 0.5) is 4.39 Å². The lowest BCUT2D eigenvalue weighted by molar-refractivity contribution is 0.486. The van der Waals surface area contributed by atoms with E-state index < -0.39 is 20.0 Å². The summed E-state index contributed by atoms with van der Waals surface area (Å²) in [5, 5.41) is 0. The predicted octanol–water partition coefficient (Wildman–Crippen LogP) is 2.82. The Balaban J connectivity index is 2.21. The first-order chi connectivity index (χ1) is 10.4. The summed E-state index contributed by atoms with van der Waals surface area (Å²) >= 11 is 0. The molecule has 0 aromatic heterocycles. The second kappa shape index (κ2) is 5.05. The van der Waals surface area contributed by atoms with Crippen LogP contribution < -0.4 is 5.73 Å². The second-order valence-electron chi connectivity index (χ2n) is 6.42. The minimum Gasteiger partial charge on any atom is -0.386 e. The number of halogens is 1. The lowest BCUT2D eigenvalue weighted by Crippen LogP contribution is -2.56. The molecule has 2 N–H and O–H groups in total. The fourth-order valence-corrected chi connectivity index (χ4v) is 6.91. The standard InChI is InChI=1S/C16H22FN3OS/c1-15(12-7-3-4-8-13(12)17)11-22(21,19-2)16(14(18)20-15)9-5-6-10-16/h3-4,7-8H,5-6,9-11H2,1-2H3,(H2,18,20). The van der Waals surface area contributed by atoms with E-state index in [2.05, 4.69) is 9.36 Å². The molecule has 0 saturated heterocycles. The Kier molecular flexibility index (Phi) is 3.55. The average molecular weight is 323 g/mol. The van der Waals surface area contributed by atoms with Crippen molar-refractivity contribution in [3.8, 4) is 0 Å². The lowest BCUT2D eigenvalue weighted by Gasteiger charge is -2.42. The second-order valence-corrected chi connectivity index (χ2v) is 9.14. The Morgan fingerprint density at radius 1 is 1.32 bits per heavy atom. The number of hydrogen-bond donors (Lipinski definition) is 1. The SMILES string of the molecule is CN=S1(=O)CC(C)(c2ccccc2F)N=C(N)C12CCCC2. The molecule has 22 heavy (non-hydrogen) atoms. The Morgan fingerprint density at radius 2 is 1.95 bits per heavy atom. The van der Waals surface area contributed by atoms with E-state index in [-0.39, 0.29) is 11.6 Å². The maximum Gasteiger partial charge on any atom is 0.128 e. The smallest absolute Gasteiger partial charge is 0.128 e. The van der Waals surface area contributed by atoms with E-state index in [1.165, 1.54) is 6.07 Å². The van der Waals surface area contributed by atoms with Gasteiger partial charge in [0.25, 0.3) is 0 Å². The summed E-state index contributed by atoms with van der Waals surface area (Å²) < 4.78 is 31.5. The van der Waals surface area contributed by atoms with Gasteiger partial charge in [-0.05, 0) is 25.8 Å². The molecule has 6 heteroatoms.